The molecule has 0 fully saturated rings. The van der Waals surface area contributed by atoms with Crippen LogP contribution < -0.4 is 10.5 Å². The second-order valence-corrected chi connectivity index (χ2v) is 8.33. The zero-order chi connectivity index (χ0) is 22.7. The van der Waals surface area contributed by atoms with Crippen LogP contribution in [-0.2, 0) is 6.54 Å². The molecule has 2 bridgehead atoms. The van der Waals surface area contributed by atoms with E-state index in [9.17, 15) is 9.65 Å². The van der Waals surface area contributed by atoms with Crippen LogP contribution in [0.5, 0.6) is 5.75 Å². The predicted molar refractivity (Wildman–Crippen MR) is 120 cm³/mol. The maximum absolute atomic E-state index is 14.3. The molecular weight excluding hydrogens is 419 g/mol. The van der Waals surface area contributed by atoms with Crippen molar-refractivity contribution in [3.63, 3.8) is 0 Å². The number of aryl methyl sites for hydroxylation is 1. The average molecular weight is 438 g/mol. The molecule has 0 spiro atoms. The summed E-state index contributed by atoms with van der Waals surface area (Å²) in [5.41, 5.74) is 12.1. The van der Waals surface area contributed by atoms with Gasteiger partial charge in [-0.3, -0.25) is 9.67 Å². The van der Waals surface area contributed by atoms with Crippen molar-refractivity contribution >= 4 is 5.82 Å². The number of nitrogen functional groups attached to an aromatic ring is 1. The summed E-state index contributed by atoms with van der Waals surface area (Å²) in [5, 5.41) is 14.4. The summed E-state index contributed by atoms with van der Waals surface area (Å²) in [7, 11) is 0. The summed E-state index contributed by atoms with van der Waals surface area (Å²) in [6, 6.07) is 12.6. The normalized spacial score (nSPS) is 18.1. The van der Waals surface area contributed by atoms with E-state index in [1.807, 2.05) is 23.7 Å². The molecule has 33 heavy (non-hydrogen) atoms. The van der Waals surface area contributed by atoms with Gasteiger partial charge in [0.1, 0.15) is 18.0 Å². The molecule has 0 radical (unpaired) electrons. The van der Waals surface area contributed by atoms with Crippen molar-refractivity contribution in [2.45, 2.75) is 31.9 Å². The van der Waals surface area contributed by atoms with Gasteiger partial charge in [-0.15, -0.1) is 0 Å². The highest BCUT2D eigenvalue weighted by Crippen LogP contribution is 2.46. The van der Waals surface area contributed by atoms with Gasteiger partial charge in [-0.1, -0.05) is 6.07 Å². The minimum absolute atomic E-state index is 0.0344. The van der Waals surface area contributed by atoms with E-state index in [0.29, 0.717) is 29.1 Å². The molecule has 0 amide bonds. The van der Waals surface area contributed by atoms with E-state index >= 15 is 0 Å². The molecule has 0 saturated carbocycles. The van der Waals surface area contributed by atoms with Crippen LogP contribution in [0.2, 0.25) is 0 Å². The quantitative estimate of drug-likeness (QED) is 0.431. The van der Waals surface area contributed by atoms with E-state index in [-0.39, 0.29) is 17.6 Å². The number of halogens is 1. The van der Waals surface area contributed by atoms with Crippen LogP contribution in [0.3, 0.4) is 0 Å². The third kappa shape index (κ3) is 2.89. The van der Waals surface area contributed by atoms with E-state index in [2.05, 4.69) is 16.2 Å². The number of hydrogen-bond acceptors (Lipinski definition) is 6. The summed E-state index contributed by atoms with van der Waals surface area (Å²) in [6.07, 6.45) is 3.68. The number of anilines is 1. The van der Waals surface area contributed by atoms with E-state index in [1.165, 1.54) is 12.1 Å². The Morgan fingerprint density at radius 3 is 2.94 bits per heavy atom. The van der Waals surface area contributed by atoms with Crippen molar-refractivity contribution in [2.24, 2.45) is 0 Å². The Bertz CT molecular complexity index is 1470. The van der Waals surface area contributed by atoms with Crippen molar-refractivity contribution < 1.29 is 9.13 Å². The maximum Gasteiger partial charge on any atom is 0.170 e. The van der Waals surface area contributed by atoms with E-state index in [4.69, 9.17) is 15.5 Å². The Hall–Kier alpha value is -4.25. The minimum Gasteiger partial charge on any atom is -0.482 e. The first-order valence-electron chi connectivity index (χ1n) is 10.7. The number of ether oxygens (including phenoxy) is 1. The van der Waals surface area contributed by atoms with Crippen LogP contribution in [0.25, 0.3) is 22.4 Å². The molecule has 0 unspecified atom stereocenters. The van der Waals surface area contributed by atoms with Crippen LogP contribution in [-0.4, -0.2) is 19.7 Å². The van der Waals surface area contributed by atoms with Crippen molar-refractivity contribution in [3.8, 4) is 34.2 Å². The lowest BCUT2D eigenvalue weighted by Gasteiger charge is -2.23. The topological polar surface area (TPSA) is 103 Å². The van der Waals surface area contributed by atoms with Crippen molar-refractivity contribution in [2.75, 3.05) is 5.73 Å². The first-order valence-corrected chi connectivity index (χ1v) is 10.7. The number of fused-ring (bicyclic) bond motifs is 7. The van der Waals surface area contributed by atoms with Crippen LogP contribution in [0.1, 0.15) is 47.9 Å². The van der Waals surface area contributed by atoms with Gasteiger partial charge in [0.2, 0.25) is 0 Å². The molecule has 6 rings (SSSR count). The van der Waals surface area contributed by atoms with Gasteiger partial charge in [-0.25, -0.2) is 9.37 Å². The van der Waals surface area contributed by atoms with E-state index < -0.39 is 6.10 Å². The zero-order valence-electron chi connectivity index (χ0n) is 17.8. The Kier molecular flexibility index (Phi) is 4.20. The molecule has 1 aromatic carbocycles. The number of nitriles is 1. The number of hydrogen-bond donors (Lipinski definition) is 1. The van der Waals surface area contributed by atoms with Gasteiger partial charge in [0.25, 0.3) is 0 Å². The second-order valence-electron chi connectivity index (χ2n) is 8.33. The third-order valence-corrected chi connectivity index (χ3v) is 6.45. The lowest BCUT2D eigenvalue weighted by molar-refractivity contribution is 0.227. The molecule has 2 aliphatic heterocycles. The molecule has 0 saturated heterocycles. The molecule has 4 aromatic rings. The Balaban J connectivity index is 1.72. The first kappa shape index (κ1) is 19.4. The molecule has 7 nitrogen and oxygen atoms in total. The predicted octanol–water partition coefficient (Wildman–Crippen LogP) is 4.59. The number of pyridine rings is 2. The highest BCUT2D eigenvalue weighted by atomic mass is 19.1. The summed E-state index contributed by atoms with van der Waals surface area (Å²) >= 11 is 0. The van der Waals surface area contributed by atoms with Gasteiger partial charge in [-0.2, -0.15) is 10.4 Å². The highest BCUT2D eigenvalue weighted by Gasteiger charge is 2.35. The minimum atomic E-state index is -0.523. The van der Waals surface area contributed by atoms with Gasteiger partial charge < -0.3 is 10.5 Å². The number of aromatic nitrogens is 4. The molecule has 5 heterocycles. The van der Waals surface area contributed by atoms with Gasteiger partial charge in [0.15, 0.2) is 17.3 Å². The molecular formula is C25H19FN6O. The second kappa shape index (κ2) is 7.14. The lowest BCUT2D eigenvalue weighted by Crippen LogP contribution is -2.11. The largest absolute Gasteiger partial charge is 0.482 e. The Morgan fingerprint density at radius 2 is 2.09 bits per heavy atom. The molecule has 3 aromatic heterocycles. The molecule has 162 valence electrons. The van der Waals surface area contributed by atoms with E-state index in [1.54, 1.807) is 24.5 Å². The van der Waals surface area contributed by atoms with Crippen molar-refractivity contribution in [3.05, 3.63) is 77.1 Å². The van der Waals surface area contributed by atoms with Gasteiger partial charge in [0.05, 0.1) is 11.4 Å². The van der Waals surface area contributed by atoms with Gasteiger partial charge >= 0.3 is 0 Å². The SMILES string of the molecule is C[C@H]1Oc2cc(cnc2N)-c2c(C#N)nn3c2[C@H](CC3)c2cccnc2-c2ccc(F)cc21. The monoisotopic (exact) mass is 438 g/mol. The number of rotatable bonds is 0. The van der Waals surface area contributed by atoms with Crippen LogP contribution >= 0.6 is 0 Å². The smallest absolute Gasteiger partial charge is 0.170 e. The molecule has 2 aliphatic rings. The van der Waals surface area contributed by atoms with Crippen molar-refractivity contribution in [1.82, 2.24) is 19.7 Å². The zero-order valence-corrected chi connectivity index (χ0v) is 17.8. The fourth-order valence-electron chi connectivity index (χ4n) is 5.00. The first-order chi connectivity index (χ1) is 16.0. The van der Waals surface area contributed by atoms with Crippen molar-refractivity contribution in [1.29, 1.82) is 5.26 Å². The Morgan fingerprint density at radius 1 is 1.21 bits per heavy atom. The van der Waals surface area contributed by atoms with Crippen LogP contribution in [0, 0.1) is 17.1 Å². The standard InChI is InChI=1S/C25H19FN6O/c1-13-19-10-15(26)4-5-17(19)23-16(3-2-7-29-23)18-6-8-32-24(18)22(20(11-27)31-32)14-9-21(33-13)25(28)30-12-14/h2-5,7,9-10,12-13,18H,6,8H2,1H3,(H2,28,30)/t13-,18-/m1/s1. The van der Waals surface area contributed by atoms with Crippen LogP contribution in [0.4, 0.5) is 10.2 Å². The highest BCUT2D eigenvalue weighted by molar-refractivity contribution is 5.77. The molecule has 0 aliphatic carbocycles. The van der Waals surface area contributed by atoms with Crippen LogP contribution in [0.15, 0.2) is 48.8 Å². The summed E-state index contributed by atoms with van der Waals surface area (Å²) in [4.78, 5) is 9.04. The summed E-state index contributed by atoms with van der Waals surface area (Å²) in [6.45, 7) is 2.53. The number of nitrogens with two attached hydrogens (primary N) is 1. The average Bonchev–Trinajstić information content (AvgIpc) is 3.39. The fraction of sp³-hybridized carbons (Fsp3) is 0.200. The number of benzene rings is 1. The Labute approximate surface area is 189 Å². The number of nitrogens with zero attached hydrogens (tertiary/aromatic N) is 5. The third-order valence-electron chi connectivity index (χ3n) is 6.45. The molecule has 8 heteroatoms. The lowest BCUT2D eigenvalue weighted by atomic mass is 9.86. The fourth-order valence-corrected chi connectivity index (χ4v) is 5.00. The summed E-state index contributed by atoms with van der Waals surface area (Å²) in [5.74, 6) is 0.204. The van der Waals surface area contributed by atoms with Gasteiger partial charge in [-0.05, 0) is 49.2 Å². The maximum atomic E-state index is 14.3. The molecule has 2 atom stereocenters. The van der Waals surface area contributed by atoms with E-state index in [0.717, 1.165) is 34.5 Å². The summed E-state index contributed by atoms with van der Waals surface area (Å²) < 4.78 is 22.4. The van der Waals surface area contributed by atoms with Gasteiger partial charge in [0, 0.05) is 47.1 Å². The molecule has 2 N–H and O–H groups in total.